The van der Waals surface area contributed by atoms with Crippen LogP contribution in [0.25, 0.3) is 0 Å². The monoisotopic (exact) mass is 203 g/mol. The Morgan fingerprint density at radius 3 is 2.53 bits per heavy atom. The minimum Gasteiger partial charge on any atom is -0.399 e. The van der Waals surface area contributed by atoms with Crippen LogP contribution in [0.15, 0.2) is 35.5 Å². The van der Waals surface area contributed by atoms with Crippen LogP contribution in [0.4, 0.5) is 0 Å². The molecule has 1 aliphatic rings. The van der Waals surface area contributed by atoms with Gasteiger partial charge in [0.15, 0.2) is 0 Å². The Kier molecular flexibility index (Phi) is 2.51. The Morgan fingerprint density at radius 2 is 1.93 bits per heavy atom. The number of nitrogens with zero attached hydrogens (tertiary/aromatic N) is 1. The smallest absolute Gasteiger partial charge is 0.106 e. The van der Waals surface area contributed by atoms with E-state index in [1.54, 1.807) is 7.11 Å². The van der Waals surface area contributed by atoms with Gasteiger partial charge in [-0.15, -0.1) is 0 Å². The highest BCUT2D eigenvalue weighted by Crippen LogP contribution is 2.63. The van der Waals surface area contributed by atoms with E-state index in [-0.39, 0.29) is 0 Å². The van der Waals surface area contributed by atoms with E-state index in [1.165, 1.54) is 5.56 Å². The molecule has 0 amide bonds. The van der Waals surface area contributed by atoms with Crippen LogP contribution in [-0.2, 0) is 4.84 Å². The largest absolute Gasteiger partial charge is 0.399 e. The van der Waals surface area contributed by atoms with Crippen molar-refractivity contribution in [2.75, 3.05) is 7.11 Å². The van der Waals surface area contributed by atoms with Gasteiger partial charge in [-0.1, -0.05) is 49.3 Å². The van der Waals surface area contributed by atoms with Crippen LogP contribution in [0.2, 0.25) is 0 Å². The zero-order valence-corrected chi connectivity index (χ0v) is 9.47. The predicted molar refractivity (Wildman–Crippen MR) is 62.0 cm³/mol. The molecule has 0 unspecified atom stereocenters. The summed E-state index contributed by atoms with van der Waals surface area (Å²) in [7, 11) is 1.59. The Bertz CT molecular complexity index is 356. The second-order valence-electron chi connectivity index (χ2n) is 4.67. The summed E-state index contributed by atoms with van der Waals surface area (Å²) in [5, 5.41) is 3.88. The van der Waals surface area contributed by atoms with Crippen molar-refractivity contribution in [2.24, 2.45) is 16.5 Å². The molecule has 1 fully saturated rings. The van der Waals surface area contributed by atoms with Crippen LogP contribution in [0.3, 0.4) is 0 Å². The van der Waals surface area contributed by atoms with Crippen molar-refractivity contribution in [2.45, 2.75) is 19.8 Å². The molecule has 1 saturated carbocycles. The number of hydrogen-bond donors (Lipinski definition) is 0. The molecule has 1 aromatic rings. The molecule has 0 N–H and O–H groups in total. The molecule has 0 aliphatic heterocycles. The van der Waals surface area contributed by atoms with E-state index in [4.69, 9.17) is 4.84 Å². The number of rotatable bonds is 3. The van der Waals surface area contributed by atoms with Gasteiger partial charge in [-0.2, -0.15) is 0 Å². The second kappa shape index (κ2) is 3.69. The first kappa shape index (κ1) is 10.2. The molecule has 0 saturated heterocycles. The van der Waals surface area contributed by atoms with Gasteiger partial charge in [-0.25, -0.2) is 0 Å². The lowest BCUT2D eigenvalue weighted by molar-refractivity contribution is 0.214. The first-order valence-corrected chi connectivity index (χ1v) is 5.29. The van der Waals surface area contributed by atoms with Gasteiger partial charge >= 0.3 is 0 Å². The molecule has 2 atom stereocenters. The summed E-state index contributed by atoms with van der Waals surface area (Å²) >= 11 is 0. The summed E-state index contributed by atoms with van der Waals surface area (Å²) in [6.45, 7) is 4.55. The molecule has 0 heterocycles. The molecule has 1 aromatic carbocycles. The van der Waals surface area contributed by atoms with Crippen LogP contribution in [-0.4, -0.2) is 13.3 Å². The van der Waals surface area contributed by atoms with Crippen LogP contribution in [0.5, 0.6) is 0 Å². The number of hydrogen-bond acceptors (Lipinski definition) is 2. The first-order chi connectivity index (χ1) is 7.18. The highest BCUT2D eigenvalue weighted by molar-refractivity contribution is 5.69. The van der Waals surface area contributed by atoms with Crippen molar-refractivity contribution >= 4 is 6.21 Å². The van der Waals surface area contributed by atoms with E-state index in [1.807, 2.05) is 6.21 Å². The molecule has 0 aromatic heterocycles. The topological polar surface area (TPSA) is 21.6 Å². The lowest BCUT2D eigenvalue weighted by Crippen LogP contribution is -1.91. The van der Waals surface area contributed by atoms with E-state index in [0.29, 0.717) is 17.3 Å². The average Bonchev–Trinajstić information content (AvgIpc) is 2.79. The Labute approximate surface area is 90.9 Å². The minimum atomic E-state index is 0.309. The summed E-state index contributed by atoms with van der Waals surface area (Å²) in [6, 6.07) is 10.6. The summed E-state index contributed by atoms with van der Waals surface area (Å²) in [5.74, 6) is 1.08. The summed E-state index contributed by atoms with van der Waals surface area (Å²) in [5.41, 5.74) is 1.71. The molecule has 1 aliphatic carbocycles. The summed E-state index contributed by atoms with van der Waals surface area (Å²) in [6.07, 6.45) is 1.93. The fraction of sp³-hybridized carbons (Fsp3) is 0.462. The molecule has 2 rings (SSSR count). The maximum absolute atomic E-state index is 4.74. The molecule has 80 valence electrons. The van der Waals surface area contributed by atoms with E-state index in [2.05, 4.69) is 49.3 Å². The number of benzene rings is 1. The van der Waals surface area contributed by atoms with Gasteiger partial charge in [0.25, 0.3) is 0 Å². The average molecular weight is 203 g/mol. The molecule has 0 bridgehead atoms. The van der Waals surface area contributed by atoms with Gasteiger partial charge in [0.1, 0.15) is 7.11 Å². The van der Waals surface area contributed by atoms with Crippen LogP contribution in [0.1, 0.15) is 25.3 Å². The molecule has 15 heavy (non-hydrogen) atoms. The molecular formula is C13H17NO. The van der Waals surface area contributed by atoms with Gasteiger partial charge in [0.05, 0.1) is 0 Å². The van der Waals surface area contributed by atoms with E-state index in [0.717, 1.165) is 0 Å². The molecule has 2 nitrogen and oxygen atoms in total. The third kappa shape index (κ3) is 1.76. The fourth-order valence-electron chi connectivity index (χ4n) is 2.38. The normalized spacial score (nSPS) is 27.9. The van der Waals surface area contributed by atoms with Crippen molar-refractivity contribution in [1.82, 2.24) is 0 Å². The van der Waals surface area contributed by atoms with Crippen LogP contribution in [0, 0.1) is 11.3 Å². The maximum atomic E-state index is 4.74. The third-order valence-corrected chi connectivity index (χ3v) is 3.40. The van der Waals surface area contributed by atoms with Crippen molar-refractivity contribution in [3.05, 3.63) is 35.9 Å². The zero-order chi connectivity index (χ0) is 10.9. The molecular weight excluding hydrogens is 186 g/mol. The zero-order valence-electron chi connectivity index (χ0n) is 9.47. The van der Waals surface area contributed by atoms with Crippen molar-refractivity contribution < 1.29 is 4.84 Å². The Morgan fingerprint density at radius 1 is 1.27 bits per heavy atom. The molecule has 2 heteroatoms. The standard InChI is InChI=1S/C13H17NO/c1-13(2)11(9-14-15-3)12(13)10-7-5-4-6-8-10/h4-9,11-12H,1-3H3/b14-9+/t11-,12-/m1/s1. The first-order valence-electron chi connectivity index (χ1n) is 5.29. The Balaban J connectivity index is 2.16. The summed E-state index contributed by atoms with van der Waals surface area (Å²) in [4.78, 5) is 4.74. The van der Waals surface area contributed by atoms with Crippen molar-refractivity contribution in [3.8, 4) is 0 Å². The lowest BCUT2D eigenvalue weighted by atomic mass is 10.0. The SMILES string of the molecule is CO/N=C/[C@@H]1[C@@H](c2ccccc2)C1(C)C. The predicted octanol–water partition coefficient (Wildman–Crippen LogP) is 3.06. The maximum Gasteiger partial charge on any atom is 0.106 e. The van der Waals surface area contributed by atoms with Gasteiger partial charge in [-0.05, 0) is 16.9 Å². The van der Waals surface area contributed by atoms with Gasteiger partial charge in [0.2, 0.25) is 0 Å². The van der Waals surface area contributed by atoms with Crippen molar-refractivity contribution in [3.63, 3.8) is 0 Å². The fourth-order valence-corrected chi connectivity index (χ4v) is 2.38. The summed E-state index contributed by atoms with van der Waals surface area (Å²) < 4.78 is 0. The quantitative estimate of drug-likeness (QED) is 0.546. The minimum absolute atomic E-state index is 0.309. The van der Waals surface area contributed by atoms with Crippen LogP contribution >= 0.6 is 0 Å². The third-order valence-electron chi connectivity index (χ3n) is 3.40. The van der Waals surface area contributed by atoms with Crippen molar-refractivity contribution in [1.29, 1.82) is 0 Å². The molecule has 0 spiro atoms. The lowest BCUT2D eigenvalue weighted by Gasteiger charge is -2.01. The van der Waals surface area contributed by atoms with E-state index < -0.39 is 0 Å². The van der Waals surface area contributed by atoms with E-state index >= 15 is 0 Å². The molecule has 0 radical (unpaired) electrons. The van der Waals surface area contributed by atoms with Gasteiger partial charge < -0.3 is 4.84 Å². The highest BCUT2D eigenvalue weighted by atomic mass is 16.6. The van der Waals surface area contributed by atoms with Crippen LogP contribution < -0.4 is 0 Å². The van der Waals surface area contributed by atoms with Gasteiger partial charge in [-0.3, -0.25) is 0 Å². The Hall–Kier alpha value is -1.31. The second-order valence-corrected chi connectivity index (χ2v) is 4.67. The highest BCUT2D eigenvalue weighted by Gasteiger charge is 2.57. The number of oxime groups is 1. The van der Waals surface area contributed by atoms with Gasteiger partial charge in [0, 0.05) is 12.1 Å². The van der Waals surface area contributed by atoms with E-state index in [9.17, 15) is 0 Å².